The monoisotopic (exact) mass is 230 g/mol. The highest BCUT2D eigenvalue weighted by Gasteiger charge is 2.30. The first-order valence-electron chi connectivity index (χ1n) is 5.34. The summed E-state index contributed by atoms with van der Waals surface area (Å²) >= 11 is 0. The average molecular weight is 230 g/mol. The molecule has 2 aliphatic rings. The number of rotatable bonds is 2. The summed E-state index contributed by atoms with van der Waals surface area (Å²) in [6, 6.07) is 0. The van der Waals surface area contributed by atoms with E-state index in [4.69, 9.17) is 4.74 Å². The lowest BCUT2D eigenvalue weighted by molar-refractivity contribution is 0.0138. The van der Waals surface area contributed by atoms with Crippen molar-refractivity contribution >= 4 is 0 Å². The third-order valence-electron chi connectivity index (χ3n) is 2.82. The first-order chi connectivity index (χ1) is 7.56. The molecule has 0 unspecified atom stereocenters. The average Bonchev–Trinajstić information content (AvgIpc) is 2.28. The van der Waals surface area contributed by atoms with Crippen LogP contribution >= 0.6 is 0 Å². The maximum Gasteiger partial charge on any atom is 0.187 e. The zero-order valence-corrected chi connectivity index (χ0v) is 8.97. The van der Waals surface area contributed by atoms with Crippen LogP contribution in [0.25, 0.3) is 0 Å². The van der Waals surface area contributed by atoms with Gasteiger partial charge in [-0.2, -0.15) is 0 Å². The molecule has 0 aromatic heterocycles. The van der Waals surface area contributed by atoms with E-state index >= 15 is 0 Å². The van der Waals surface area contributed by atoms with Crippen molar-refractivity contribution in [3.05, 3.63) is 35.4 Å². The smallest absolute Gasteiger partial charge is 0.187 e. The number of hydrogen-bond acceptors (Lipinski definition) is 1. The molecule has 0 heterocycles. The SMILES string of the molecule is CC1CC(OC2=C(F)CC=C(F)C=C2F)C1. The third kappa shape index (κ3) is 2.31. The third-order valence-corrected chi connectivity index (χ3v) is 2.82. The predicted octanol–water partition coefficient (Wildman–Crippen LogP) is 4.09. The summed E-state index contributed by atoms with van der Waals surface area (Å²) in [5.41, 5.74) is 0. The lowest BCUT2D eigenvalue weighted by Crippen LogP contribution is -2.29. The van der Waals surface area contributed by atoms with Crippen molar-refractivity contribution in [1.29, 1.82) is 0 Å². The molecule has 1 saturated carbocycles. The van der Waals surface area contributed by atoms with Crippen molar-refractivity contribution in [3.63, 3.8) is 0 Å². The molecule has 0 saturated heterocycles. The van der Waals surface area contributed by atoms with E-state index in [-0.39, 0.29) is 12.5 Å². The Morgan fingerprint density at radius 2 is 1.94 bits per heavy atom. The van der Waals surface area contributed by atoms with Gasteiger partial charge in [-0.15, -0.1) is 0 Å². The molecule has 16 heavy (non-hydrogen) atoms. The Bertz CT molecular complexity index is 376. The number of halogens is 3. The largest absolute Gasteiger partial charge is 0.485 e. The predicted molar refractivity (Wildman–Crippen MR) is 54.4 cm³/mol. The van der Waals surface area contributed by atoms with E-state index in [1.165, 1.54) is 0 Å². The van der Waals surface area contributed by atoms with Gasteiger partial charge >= 0.3 is 0 Å². The van der Waals surface area contributed by atoms with Crippen molar-refractivity contribution in [2.24, 2.45) is 5.92 Å². The highest BCUT2D eigenvalue weighted by Crippen LogP contribution is 2.35. The van der Waals surface area contributed by atoms with Gasteiger partial charge in [-0.25, -0.2) is 13.2 Å². The minimum Gasteiger partial charge on any atom is -0.485 e. The molecule has 0 aromatic carbocycles. The van der Waals surface area contributed by atoms with E-state index in [0.29, 0.717) is 12.0 Å². The van der Waals surface area contributed by atoms with Gasteiger partial charge in [-0.05, 0) is 24.8 Å². The first-order valence-corrected chi connectivity index (χ1v) is 5.34. The molecule has 88 valence electrons. The standard InChI is InChI=1S/C12H13F3O/c1-7-4-9(5-7)16-12-10(14)3-2-8(13)6-11(12)15/h2,6-7,9H,3-5H2,1H3. The topological polar surface area (TPSA) is 9.23 Å². The fourth-order valence-corrected chi connectivity index (χ4v) is 1.87. The highest BCUT2D eigenvalue weighted by molar-refractivity contribution is 5.33. The molecule has 1 nitrogen and oxygen atoms in total. The number of ether oxygens (including phenoxy) is 1. The van der Waals surface area contributed by atoms with Gasteiger partial charge in [0.1, 0.15) is 11.7 Å². The van der Waals surface area contributed by atoms with Gasteiger partial charge in [0.05, 0.1) is 6.10 Å². The van der Waals surface area contributed by atoms with E-state index < -0.39 is 23.2 Å². The minimum atomic E-state index is -0.969. The van der Waals surface area contributed by atoms with E-state index in [0.717, 1.165) is 18.9 Å². The van der Waals surface area contributed by atoms with E-state index in [9.17, 15) is 13.2 Å². The zero-order chi connectivity index (χ0) is 11.7. The Morgan fingerprint density at radius 1 is 1.25 bits per heavy atom. The Balaban J connectivity index is 2.09. The molecule has 0 radical (unpaired) electrons. The second kappa shape index (κ2) is 4.36. The van der Waals surface area contributed by atoms with Crippen LogP contribution in [0.4, 0.5) is 13.2 Å². The highest BCUT2D eigenvalue weighted by atomic mass is 19.1. The van der Waals surface area contributed by atoms with Crippen LogP contribution in [-0.2, 0) is 4.74 Å². The second-order valence-electron chi connectivity index (χ2n) is 4.34. The molecule has 2 aliphatic carbocycles. The van der Waals surface area contributed by atoms with Crippen LogP contribution in [0.15, 0.2) is 35.4 Å². The van der Waals surface area contributed by atoms with Gasteiger partial charge in [0.15, 0.2) is 11.6 Å². The summed E-state index contributed by atoms with van der Waals surface area (Å²) in [5.74, 6) is -2.39. The summed E-state index contributed by atoms with van der Waals surface area (Å²) in [4.78, 5) is 0. The lowest BCUT2D eigenvalue weighted by atomic mass is 9.84. The molecule has 0 amide bonds. The first kappa shape index (κ1) is 11.3. The molecule has 4 heteroatoms. The molecule has 2 rings (SSSR count). The second-order valence-corrected chi connectivity index (χ2v) is 4.34. The summed E-state index contributed by atoms with van der Waals surface area (Å²) in [6.07, 6.45) is 2.84. The van der Waals surface area contributed by atoms with Gasteiger partial charge in [0.2, 0.25) is 0 Å². The Kier molecular flexibility index (Phi) is 3.08. The molecule has 0 bridgehead atoms. The van der Waals surface area contributed by atoms with Crippen molar-refractivity contribution in [1.82, 2.24) is 0 Å². The Hall–Kier alpha value is -1.19. The number of allylic oxidation sites excluding steroid dienone is 5. The van der Waals surface area contributed by atoms with Crippen molar-refractivity contribution in [3.8, 4) is 0 Å². The minimum absolute atomic E-state index is 0.143. The van der Waals surface area contributed by atoms with Crippen LogP contribution in [-0.4, -0.2) is 6.10 Å². The van der Waals surface area contributed by atoms with Crippen LogP contribution in [0.5, 0.6) is 0 Å². The molecule has 0 aliphatic heterocycles. The summed E-state index contributed by atoms with van der Waals surface area (Å²) < 4.78 is 44.8. The maximum atomic E-state index is 13.4. The van der Waals surface area contributed by atoms with Gasteiger partial charge in [0, 0.05) is 12.5 Å². The lowest BCUT2D eigenvalue weighted by Gasteiger charge is -2.33. The molecular weight excluding hydrogens is 217 g/mol. The summed E-state index contributed by atoms with van der Waals surface area (Å²) in [7, 11) is 0. The fourth-order valence-electron chi connectivity index (χ4n) is 1.87. The van der Waals surface area contributed by atoms with Crippen LogP contribution in [0, 0.1) is 5.92 Å². The number of hydrogen-bond donors (Lipinski definition) is 0. The van der Waals surface area contributed by atoms with E-state index in [1.54, 1.807) is 0 Å². The van der Waals surface area contributed by atoms with Crippen molar-refractivity contribution in [2.45, 2.75) is 32.3 Å². The molecule has 0 aromatic rings. The quantitative estimate of drug-likeness (QED) is 0.694. The van der Waals surface area contributed by atoms with Gasteiger partial charge in [-0.3, -0.25) is 0 Å². The van der Waals surface area contributed by atoms with Gasteiger partial charge in [0.25, 0.3) is 0 Å². The molecule has 0 N–H and O–H groups in total. The Labute approximate surface area is 92.3 Å². The van der Waals surface area contributed by atoms with Crippen LogP contribution in [0.1, 0.15) is 26.2 Å². The van der Waals surface area contributed by atoms with E-state index in [2.05, 4.69) is 0 Å². The van der Waals surface area contributed by atoms with Gasteiger partial charge < -0.3 is 4.74 Å². The van der Waals surface area contributed by atoms with Gasteiger partial charge in [-0.1, -0.05) is 6.92 Å². The fraction of sp³-hybridized carbons (Fsp3) is 0.500. The molecule has 1 fully saturated rings. The summed E-state index contributed by atoms with van der Waals surface area (Å²) in [6.45, 7) is 2.05. The van der Waals surface area contributed by atoms with Crippen molar-refractivity contribution in [2.75, 3.05) is 0 Å². The van der Waals surface area contributed by atoms with Crippen LogP contribution in [0.2, 0.25) is 0 Å². The van der Waals surface area contributed by atoms with Crippen molar-refractivity contribution < 1.29 is 17.9 Å². The molecule has 0 atom stereocenters. The van der Waals surface area contributed by atoms with Crippen LogP contribution in [0.3, 0.4) is 0 Å². The molecule has 0 spiro atoms. The van der Waals surface area contributed by atoms with Crippen LogP contribution < -0.4 is 0 Å². The summed E-state index contributed by atoms with van der Waals surface area (Å²) in [5, 5.41) is 0. The Morgan fingerprint density at radius 3 is 2.56 bits per heavy atom. The van der Waals surface area contributed by atoms with E-state index in [1.807, 2.05) is 6.92 Å². The maximum absolute atomic E-state index is 13.4. The zero-order valence-electron chi connectivity index (χ0n) is 8.97. The molecular formula is C12H13F3O. The normalized spacial score (nSPS) is 30.2.